The number of ketones is 1. The number of carbonyl (C=O) groups is 3. The molecule has 7 heteroatoms. The largest absolute Gasteiger partial charge is 0.487 e. The lowest BCUT2D eigenvalue weighted by molar-refractivity contribution is -0.148. The van der Waals surface area contributed by atoms with Crippen LogP contribution < -0.4 is 10.1 Å². The number of nitrogens with one attached hydrogen (secondary N) is 1. The summed E-state index contributed by atoms with van der Waals surface area (Å²) < 4.78 is 15.7. The van der Waals surface area contributed by atoms with Crippen molar-refractivity contribution in [2.75, 3.05) is 13.2 Å². The zero-order chi connectivity index (χ0) is 21.6. The lowest BCUT2D eigenvalue weighted by atomic mass is 10.2. The molecule has 0 fully saturated rings. The number of carbonyl (C=O) groups excluding carboxylic acids is 3. The van der Waals surface area contributed by atoms with Crippen molar-refractivity contribution >= 4 is 17.7 Å². The number of Topliss-reactive ketones (excluding diaryl/α,β-unsaturated/α-hetero) is 1. The maximum atomic E-state index is 11.5. The van der Waals surface area contributed by atoms with E-state index in [9.17, 15) is 14.4 Å². The van der Waals surface area contributed by atoms with Crippen molar-refractivity contribution in [3.63, 3.8) is 0 Å². The molecule has 29 heavy (non-hydrogen) atoms. The van der Waals surface area contributed by atoms with Crippen molar-refractivity contribution in [3.05, 3.63) is 41.6 Å². The summed E-state index contributed by atoms with van der Waals surface area (Å²) in [5, 5.41) is 3.22. The molecule has 0 spiro atoms. The summed E-state index contributed by atoms with van der Waals surface area (Å²) in [5.74, 6) is -0.374. The predicted octanol–water partition coefficient (Wildman–Crippen LogP) is 3.31. The van der Waals surface area contributed by atoms with Crippen molar-refractivity contribution in [1.29, 1.82) is 0 Å². The Labute approximate surface area is 172 Å². The normalized spacial score (nSPS) is 12.1. The average molecular weight is 405 g/mol. The summed E-state index contributed by atoms with van der Waals surface area (Å²) in [6, 6.07) is 7.49. The Hall–Kier alpha value is -2.83. The zero-order valence-electron chi connectivity index (χ0n) is 17.7. The molecular weight excluding hydrogens is 374 g/mol. The minimum atomic E-state index is -0.531. The number of allylic oxidation sites excluding steroid dienone is 1. The van der Waals surface area contributed by atoms with Crippen LogP contribution in [0.15, 0.2) is 36.0 Å². The second kappa shape index (κ2) is 13.4. The third-order valence-corrected chi connectivity index (χ3v) is 3.95. The molecule has 160 valence electrons. The summed E-state index contributed by atoms with van der Waals surface area (Å²) in [7, 11) is 0. The van der Waals surface area contributed by atoms with Crippen LogP contribution in [0.3, 0.4) is 0 Å². The summed E-state index contributed by atoms with van der Waals surface area (Å²) in [6.07, 6.45) is 1.95. The van der Waals surface area contributed by atoms with Gasteiger partial charge in [-0.25, -0.2) is 4.79 Å². The standard InChI is InChI=1S/C22H31NO6/c1-5-18(12-21(25)27-7-3)23-14-17-8-10-20(11-9-17)29-16(4)15-28-22(26)13-19(24)6-2/h8-12,16,23H,5-7,13-15H2,1-4H3/b18-12-. The highest BCUT2D eigenvalue weighted by Gasteiger charge is 2.12. The van der Waals surface area contributed by atoms with Gasteiger partial charge < -0.3 is 19.5 Å². The van der Waals surface area contributed by atoms with Crippen molar-refractivity contribution in [1.82, 2.24) is 5.32 Å². The Morgan fingerprint density at radius 1 is 1.03 bits per heavy atom. The highest BCUT2D eigenvalue weighted by molar-refractivity contribution is 5.95. The molecule has 0 amide bonds. The Bertz CT molecular complexity index is 696. The zero-order valence-corrected chi connectivity index (χ0v) is 17.7. The molecule has 1 N–H and O–H groups in total. The number of hydrogen-bond acceptors (Lipinski definition) is 7. The van der Waals surface area contributed by atoms with E-state index in [1.807, 2.05) is 31.2 Å². The molecule has 1 aromatic carbocycles. The molecule has 1 rings (SSSR count). The monoisotopic (exact) mass is 405 g/mol. The third-order valence-electron chi connectivity index (χ3n) is 3.95. The Kier molecular flexibility index (Phi) is 11.2. The summed E-state index contributed by atoms with van der Waals surface area (Å²) in [6.45, 7) is 8.23. The first-order valence-electron chi connectivity index (χ1n) is 9.91. The molecule has 0 aromatic heterocycles. The maximum Gasteiger partial charge on any atom is 0.332 e. The molecule has 0 aliphatic heterocycles. The van der Waals surface area contributed by atoms with E-state index in [0.717, 1.165) is 11.3 Å². The highest BCUT2D eigenvalue weighted by atomic mass is 16.6. The number of ether oxygens (including phenoxy) is 3. The van der Waals surface area contributed by atoms with Crippen LogP contribution in [0.2, 0.25) is 0 Å². The molecule has 0 aliphatic rings. The summed E-state index contributed by atoms with van der Waals surface area (Å²) >= 11 is 0. The van der Waals surface area contributed by atoms with Crippen LogP contribution in [0.5, 0.6) is 5.75 Å². The van der Waals surface area contributed by atoms with Crippen LogP contribution in [0.1, 0.15) is 52.5 Å². The first kappa shape index (κ1) is 24.2. The molecule has 0 saturated carbocycles. The van der Waals surface area contributed by atoms with Gasteiger partial charge in [0.1, 0.15) is 30.7 Å². The first-order valence-corrected chi connectivity index (χ1v) is 9.91. The minimum Gasteiger partial charge on any atom is -0.487 e. The van der Waals surface area contributed by atoms with Gasteiger partial charge in [0.15, 0.2) is 0 Å². The SMILES string of the molecule is CCOC(=O)/C=C(/CC)NCc1ccc(OC(C)COC(=O)CC(=O)CC)cc1. The average Bonchev–Trinajstić information content (AvgIpc) is 2.70. The molecule has 1 unspecified atom stereocenters. The second-order valence-corrected chi connectivity index (χ2v) is 6.45. The molecule has 0 aliphatic carbocycles. The van der Waals surface area contributed by atoms with Crippen molar-refractivity contribution < 1.29 is 28.6 Å². The third kappa shape index (κ3) is 10.3. The molecule has 0 bridgehead atoms. The van der Waals surface area contributed by atoms with E-state index in [0.29, 0.717) is 31.7 Å². The molecule has 0 radical (unpaired) electrons. The van der Waals surface area contributed by atoms with Crippen LogP contribution in [0, 0.1) is 0 Å². The lowest BCUT2D eigenvalue weighted by Crippen LogP contribution is -2.22. The van der Waals surface area contributed by atoms with Crippen molar-refractivity contribution in [2.24, 2.45) is 0 Å². The fraction of sp³-hybridized carbons (Fsp3) is 0.500. The molecule has 1 atom stereocenters. The van der Waals surface area contributed by atoms with Crippen molar-refractivity contribution in [2.45, 2.75) is 59.6 Å². The highest BCUT2D eigenvalue weighted by Crippen LogP contribution is 2.14. The summed E-state index contributed by atoms with van der Waals surface area (Å²) in [5.41, 5.74) is 1.83. The van der Waals surface area contributed by atoms with Gasteiger partial charge in [0.25, 0.3) is 0 Å². The molecule has 0 saturated heterocycles. The number of esters is 2. The topological polar surface area (TPSA) is 90.9 Å². The quantitative estimate of drug-likeness (QED) is 0.306. The van der Waals surface area contributed by atoms with E-state index in [2.05, 4.69) is 5.32 Å². The number of hydrogen-bond donors (Lipinski definition) is 1. The molecule has 0 heterocycles. The predicted molar refractivity (Wildman–Crippen MR) is 109 cm³/mol. The van der Waals surface area contributed by atoms with E-state index in [1.165, 1.54) is 6.08 Å². The maximum absolute atomic E-state index is 11.5. The van der Waals surface area contributed by atoms with Gasteiger partial charge in [-0.2, -0.15) is 0 Å². The Balaban J connectivity index is 2.45. The molecule has 1 aromatic rings. The fourth-order valence-electron chi connectivity index (χ4n) is 2.32. The Morgan fingerprint density at radius 3 is 2.31 bits per heavy atom. The van der Waals surface area contributed by atoms with Crippen LogP contribution in [-0.4, -0.2) is 37.0 Å². The van der Waals surface area contributed by atoms with E-state index in [-0.39, 0.29) is 30.9 Å². The smallest absolute Gasteiger partial charge is 0.332 e. The minimum absolute atomic E-state index is 0.0810. The van der Waals surface area contributed by atoms with Gasteiger partial charge in [0, 0.05) is 24.7 Å². The van der Waals surface area contributed by atoms with Gasteiger partial charge in [-0.05, 0) is 38.0 Å². The Morgan fingerprint density at radius 2 is 1.72 bits per heavy atom. The fourth-order valence-corrected chi connectivity index (χ4v) is 2.32. The van der Waals surface area contributed by atoms with Gasteiger partial charge in [-0.15, -0.1) is 0 Å². The van der Waals surface area contributed by atoms with Gasteiger partial charge >= 0.3 is 11.9 Å². The summed E-state index contributed by atoms with van der Waals surface area (Å²) in [4.78, 5) is 34.3. The van der Waals surface area contributed by atoms with Gasteiger partial charge in [-0.1, -0.05) is 26.0 Å². The van der Waals surface area contributed by atoms with Crippen LogP contribution >= 0.6 is 0 Å². The number of rotatable bonds is 13. The van der Waals surface area contributed by atoms with E-state index in [4.69, 9.17) is 14.2 Å². The van der Waals surface area contributed by atoms with Crippen molar-refractivity contribution in [3.8, 4) is 5.75 Å². The van der Waals surface area contributed by atoms with Crippen LogP contribution in [-0.2, 0) is 30.4 Å². The van der Waals surface area contributed by atoms with Gasteiger partial charge in [0.05, 0.1) is 6.61 Å². The first-order chi connectivity index (χ1) is 13.9. The van der Waals surface area contributed by atoms with Gasteiger partial charge in [-0.3, -0.25) is 9.59 Å². The van der Waals surface area contributed by atoms with E-state index < -0.39 is 5.97 Å². The van der Waals surface area contributed by atoms with E-state index >= 15 is 0 Å². The van der Waals surface area contributed by atoms with Crippen LogP contribution in [0.4, 0.5) is 0 Å². The van der Waals surface area contributed by atoms with Gasteiger partial charge in [0.2, 0.25) is 0 Å². The lowest BCUT2D eigenvalue weighted by Gasteiger charge is -2.15. The van der Waals surface area contributed by atoms with E-state index in [1.54, 1.807) is 20.8 Å². The van der Waals surface area contributed by atoms with Crippen LogP contribution in [0.25, 0.3) is 0 Å². The number of benzene rings is 1. The second-order valence-electron chi connectivity index (χ2n) is 6.45. The molecular formula is C22H31NO6. The molecule has 7 nitrogen and oxygen atoms in total.